The molecule has 1 aliphatic rings. The number of halogens is 2. The van der Waals surface area contributed by atoms with Gasteiger partial charge in [-0.1, -0.05) is 77.4 Å². The standard InChI is InChI=1S/C24H21Cl2N5O2S2/c25-17-8-6-15(7-9-17)20(14-4-2-1-3-5-14)29-24(34)31-30-21-18(26)12-16(13-27-21)22(32)28-19-10-11-35-23(19)33/h1-9,12-13,19-20H,10-11H2,(H,27,30)(H,28,32)(H2,29,31,34). The van der Waals surface area contributed by atoms with Gasteiger partial charge in [-0.3, -0.25) is 20.4 Å². The highest BCUT2D eigenvalue weighted by molar-refractivity contribution is 8.14. The van der Waals surface area contributed by atoms with E-state index >= 15 is 0 Å². The SMILES string of the molecule is O=C(NC1CCSC1=O)c1cnc(NNC(=S)NC(c2ccccc2)c2ccc(Cl)cc2)c(Cl)c1. The predicted octanol–water partition coefficient (Wildman–Crippen LogP) is 4.73. The third-order valence-corrected chi connectivity index (χ3v) is 7.02. The Morgan fingerprint density at radius 2 is 1.80 bits per heavy atom. The number of pyridine rings is 1. The molecule has 0 saturated carbocycles. The van der Waals surface area contributed by atoms with Gasteiger partial charge in [0.25, 0.3) is 5.91 Å². The first-order valence-corrected chi connectivity index (χ1v) is 12.8. The summed E-state index contributed by atoms with van der Waals surface area (Å²) in [5, 5.41) is 7.14. The predicted molar refractivity (Wildman–Crippen MR) is 145 cm³/mol. The van der Waals surface area contributed by atoms with Gasteiger partial charge in [-0.05, 0) is 48.0 Å². The lowest BCUT2D eigenvalue weighted by molar-refractivity contribution is -0.112. The van der Waals surface area contributed by atoms with Crippen molar-refractivity contribution < 1.29 is 9.59 Å². The fourth-order valence-corrected chi connectivity index (χ4v) is 4.91. The molecular formula is C24H21Cl2N5O2S2. The molecule has 1 aliphatic heterocycles. The molecule has 0 spiro atoms. The molecule has 4 rings (SSSR count). The Morgan fingerprint density at radius 1 is 1.09 bits per heavy atom. The number of anilines is 1. The second kappa shape index (κ2) is 11.7. The second-order valence-electron chi connectivity index (χ2n) is 7.66. The lowest BCUT2D eigenvalue weighted by atomic mass is 9.99. The number of thioether (sulfide) groups is 1. The number of aromatic nitrogens is 1. The third kappa shape index (κ3) is 6.64. The molecule has 0 bridgehead atoms. The van der Waals surface area contributed by atoms with Gasteiger partial charge in [0.2, 0.25) is 5.12 Å². The Bertz CT molecular complexity index is 1230. The molecule has 2 aromatic carbocycles. The third-order valence-electron chi connectivity index (χ3n) is 5.25. The quantitative estimate of drug-likeness (QED) is 0.250. The zero-order valence-corrected chi connectivity index (χ0v) is 21.4. The molecule has 35 heavy (non-hydrogen) atoms. The van der Waals surface area contributed by atoms with Gasteiger partial charge >= 0.3 is 0 Å². The minimum absolute atomic E-state index is 0.0340. The van der Waals surface area contributed by atoms with Crippen LogP contribution in [-0.2, 0) is 4.79 Å². The summed E-state index contributed by atoms with van der Waals surface area (Å²) in [6.45, 7) is 0. The van der Waals surface area contributed by atoms with Crippen LogP contribution < -0.4 is 21.5 Å². The molecular weight excluding hydrogens is 525 g/mol. The van der Waals surface area contributed by atoms with Crippen LogP contribution in [0.2, 0.25) is 10.0 Å². The van der Waals surface area contributed by atoms with Crippen molar-refractivity contribution in [3.8, 4) is 0 Å². The summed E-state index contributed by atoms with van der Waals surface area (Å²) in [4.78, 5) is 28.4. The van der Waals surface area contributed by atoms with Gasteiger partial charge in [0.15, 0.2) is 10.9 Å². The number of amides is 1. The number of thiocarbonyl (C=S) groups is 1. The molecule has 1 aromatic heterocycles. The molecule has 2 unspecified atom stereocenters. The van der Waals surface area contributed by atoms with E-state index in [1.165, 1.54) is 24.0 Å². The van der Waals surface area contributed by atoms with Gasteiger partial charge in [0, 0.05) is 17.0 Å². The van der Waals surface area contributed by atoms with Crippen LogP contribution in [0.25, 0.3) is 0 Å². The summed E-state index contributed by atoms with van der Waals surface area (Å²) < 4.78 is 0. The molecule has 1 amide bonds. The molecule has 180 valence electrons. The maximum atomic E-state index is 12.4. The Hall–Kier alpha value is -2.85. The number of benzene rings is 2. The van der Waals surface area contributed by atoms with Crippen LogP contribution in [-0.4, -0.2) is 32.9 Å². The number of nitrogens with one attached hydrogen (secondary N) is 4. The highest BCUT2D eigenvalue weighted by Crippen LogP contribution is 2.24. The number of hydrazine groups is 1. The first kappa shape index (κ1) is 25.2. The Balaban J connectivity index is 1.39. The summed E-state index contributed by atoms with van der Waals surface area (Å²) in [6, 6.07) is 18.2. The van der Waals surface area contributed by atoms with Crippen molar-refractivity contribution in [3.63, 3.8) is 0 Å². The molecule has 7 nitrogen and oxygen atoms in total. The Labute approximate surface area is 222 Å². The second-order valence-corrected chi connectivity index (χ2v) is 10.0. The monoisotopic (exact) mass is 545 g/mol. The summed E-state index contributed by atoms with van der Waals surface area (Å²) in [5.74, 6) is 0.599. The van der Waals surface area contributed by atoms with E-state index in [1.54, 1.807) is 0 Å². The highest BCUT2D eigenvalue weighted by atomic mass is 35.5. The Morgan fingerprint density at radius 3 is 2.46 bits per heavy atom. The average Bonchev–Trinajstić information content (AvgIpc) is 3.27. The van der Waals surface area contributed by atoms with Crippen molar-refractivity contribution in [2.24, 2.45) is 0 Å². The largest absolute Gasteiger partial charge is 0.350 e. The average molecular weight is 547 g/mol. The molecule has 3 aromatic rings. The van der Waals surface area contributed by atoms with Crippen molar-refractivity contribution >= 4 is 69.1 Å². The van der Waals surface area contributed by atoms with Crippen LogP contribution >= 0.6 is 47.2 Å². The summed E-state index contributed by atoms with van der Waals surface area (Å²) in [5.41, 5.74) is 8.02. The van der Waals surface area contributed by atoms with Crippen molar-refractivity contribution in [1.82, 2.24) is 21.0 Å². The van der Waals surface area contributed by atoms with Crippen LogP contribution in [0.5, 0.6) is 0 Å². The number of carbonyl (C=O) groups excluding carboxylic acids is 2. The van der Waals surface area contributed by atoms with E-state index in [2.05, 4.69) is 26.5 Å². The molecule has 2 atom stereocenters. The number of rotatable bonds is 7. The molecule has 0 radical (unpaired) electrons. The summed E-state index contributed by atoms with van der Waals surface area (Å²) >= 11 is 19.1. The van der Waals surface area contributed by atoms with Gasteiger partial charge in [-0.15, -0.1) is 0 Å². The molecule has 1 saturated heterocycles. The summed E-state index contributed by atoms with van der Waals surface area (Å²) in [7, 11) is 0. The van der Waals surface area contributed by atoms with Gasteiger partial charge in [0.1, 0.15) is 0 Å². The number of nitrogens with zero attached hydrogens (tertiary/aromatic N) is 1. The molecule has 2 heterocycles. The van der Waals surface area contributed by atoms with Gasteiger partial charge < -0.3 is 10.6 Å². The smallest absolute Gasteiger partial charge is 0.253 e. The van der Waals surface area contributed by atoms with Crippen LogP contribution in [0, 0.1) is 0 Å². The van der Waals surface area contributed by atoms with E-state index in [9.17, 15) is 9.59 Å². The maximum Gasteiger partial charge on any atom is 0.253 e. The van der Waals surface area contributed by atoms with E-state index < -0.39 is 11.9 Å². The minimum atomic E-state index is -0.479. The van der Waals surface area contributed by atoms with Gasteiger partial charge in [0.05, 0.1) is 22.7 Å². The van der Waals surface area contributed by atoms with Crippen LogP contribution in [0.15, 0.2) is 66.9 Å². The molecule has 0 aliphatic carbocycles. The number of hydrogen-bond acceptors (Lipinski definition) is 6. The van der Waals surface area contributed by atoms with E-state index in [-0.39, 0.29) is 21.7 Å². The van der Waals surface area contributed by atoms with Gasteiger partial charge in [-0.2, -0.15) is 0 Å². The maximum absolute atomic E-state index is 12.4. The van der Waals surface area contributed by atoms with Gasteiger partial charge in [-0.25, -0.2) is 4.98 Å². The van der Waals surface area contributed by atoms with Crippen molar-refractivity contribution in [2.75, 3.05) is 11.2 Å². The minimum Gasteiger partial charge on any atom is -0.350 e. The zero-order chi connectivity index (χ0) is 24.8. The van der Waals surface area contributed by atoms with E-state index in [1.807, 2.05) is 54.6 Å². The highest BCUT2D eigenvalue weighted by Gasteiger charge is 2.27. The normalized spacial score (nSPS) is 15.8. The first-order valence-electron chi connectivity index (χ1n) is 10.7. The van der Waals surface area contributed by atoms with E-state index in [0.717, 1.165) is 11.1 Å². The number of hydrogen-bond donors (Lipinski definition) is 4. The van der Waals surface area contributed by atoms with E-state index in [4.69, 9.17) is 35.4 Å². The van der Waals surface area contributed by atoms with Crippen LogP contribution in [0.1, 0.15) is 33.9 Å². The zero-order valence-electron chi connectivity index (χ0n) is 18.3. The van der Waals surface area contributed by atoms with Crippen LogP contribution in [0.4, 0.5) is 5.82 Å². The fourth-order valence-electron chi connectivity index (χ4n) is 3.47. The molecule has 11 heteroatoms. The van der Waals surface area contributed by atoms with Crippen molar-refractivity contribution in [3.05, 3.63) is 93.6 Å². The van der Waals surface area contributed by atoms with Crippen LogP contribution in [0.3, 0.4) is 0 Å². The topological polar surface area (TPSA) is 95.2 Å². The van der Waals surface area contributed by atoms with E-state index in [0.29, 0.717) is 28.1 Å². The first-order chi connectivity index (χ1) is 16.9. The Kier molecular flexibility index (Phi) is 8.46. The van der Waals surface area contributed by atoms with Crippen molar-refractivity contribution in [2.45, 2.75) is 18.5 Å². The van der Waals surface area contributed by atoms with Crippen molar-refractivity contribution in [1.29, 1.82) is 0 Å². The number of carbonyl (C=O) groups is 2. The summed E-state index contributed by atoms with van der Waals surface area (Å²) in [6.07, 6.45) is 2.00. The molecule has 4 N–H and O–H groups in total. The lowest BCUT2D eigenvalue weighted by Crippen LogP contribution is -2.41. The fraction of sp³-hybridized carbons (Fsp3) is 0.167. The molecule has 1 fully saturated rings. The lowest BCUT2D eigenvalue weighted by Gasteiger charge is -2.22.